The smallest absolute Gasteiger partial charge is 0.222 e. The van der Waals surface area contributed by atoms with E-state index in [1.165, 1.54) is 5.56 Å². The number of piperidine rings is 1. The van der Waals surface area contributed by atoms with Gasteiger partial charge in [0.15, 0.2) is 0 Å². The van der Waals surface area contributed by atoms with Crippen LogP contribution in [0.1, 0.15) is 76.3 Å². The molecule has 3 atom stereocenters. The maximum absolute atomic E-state index is 13.7. The number of phenolic OH excluding ortho intramolecular Hbond substituents is 1. The second kappa shape index (κ2) is 12.7. The normalized spacial score (nSPS) is 25.8. The Morgan fingerprint density at radius 2 is 1.89 bits per heavy atom. The van der Waals surface area contributed by atoms with Gasteiger partial charge in [-0.25, -0.2) is 0 Å². The number of benzene rings is 2. The first-order valence-corrected chi connectivity index (χ1v) is 14.7. The molecule has 0 aromatic heterocycles. The van der Waals surface area contributed by atoms with E-state index in [9.17, 15) is 9.90 Å². The molecular weight excluding hydrogens is 472 g/mol. The largest absolute Gasteiger partial charge is 0.508 e. The van der Waals surface area contributed by atoms with Gasteiger partial charge in [-0.3, -0.25) is 4.79 Å². The lowest BCUT2D eigenvalue weighted by Crippen LogP contribution is -2.67. The number of hydrogen-bond donors (Lipinski definition) is 1. The zero-order chi connectivity index (χ0) is 27.2. The van der Waals surface area contributed by atoms with Crippen molar-refractivity contribution in [2.75, 3.05) is 33.8 Å². The Labute approximate surface area is 230 Å². The molecule has 1 saturated heterocycles. The van der Waals surface area contributed by atoms with Crippen LogP contribution in [-0.2, 0) is 21.4 Å². The van der Waals surface area contributed by atoms with Crippen LogP contribution in [0, 0.1) is 5.92 Å². The van der Waals surface area contributed by atoms with E-state index in [0.717, 1.165) is 76.6 Å². The Hall–Kier alpha value is -2.37. The quantitative estimate of drug-likeness (QED) is 0.359. The SMILES string of the molecule is COC12CCC(N(CC(C)C)C(=O)CCCCCc3ccccc3)CC1(c1cccc(O)c1)CCN(C)C2. The molecule has 38 heavy (non-hydrogen) atoms. The number of phenols is 1. The van der Waals surface area contributed by atoms with E-state index in [4.69, 9.17) is 4.74 Å². The lowest BCUT2D eigenvalue weighted by atomic mass is 9.55. The van der Waals surface area contributed by atoms with Crippen molar-refractivity contribution in [1.82, 2.24) is 9.80 Å². The minimum Gasteiger partial charge on any atom is -0.508 e. The van der Waals surface area contributed by atoms with Gasteiger partial charge in [-0.2, -0.15) is 0 Å². The molecule has 0 bridgehead atoms. The Bertz CT molecular complexity index is 1040. The summed E-state index contributed by atoms with van der Waals surface area (Å²) >= 11 is 0. The van der Waals surface area contributed by atoms with Crippen LogP contribution >= 0.6 is 0 Å². The molecule has 2 fully saturated rings. The molecule has 3 unspecified atom stereocenters. The summed E-state index contributed by atoms with van der Waals surface area (Å²) in [6.45, 7) is 7.06. The van der Waals surface area contributed by atoms with Gasteiger partial charge in [0.2, 0.25) is 5.91 Å². The molecule has 2 aromatic rings. The van der Waals surface area contributed by atoms with Crippen LogP contribution in [0.25, 0.3) is 0 Å². The number of amides is 1. The lowest BCUT2D eigenvalue weighted by molar-refractivity contribution is -0.160. The van der Waals surface area contributed by atoms with Crippen LogP contribution in [-0.4, -0.2) is 66.2 Å². The lowest BCUT2D eigenvalue weighted by Gasteiger charge is -2.60. The Morgan fingerprint density at radius 3 is 2.61 bits per heavy atom. The van der Waals surface area contributed by atoms with Gasteiger partial charge in [-0.05, 0) is 87.7 Å². The molecule has 1 amide bonds. The number of ether oxygens (including phenoxy) is 1. The standard InChI is InChI=1S/C33H48N2O3/c1-26(2)24-35(31(37)17-10-6-9-14-27-12-7-5-8-13-27)29-18-19-33(38-4)25-34(3)21-20-32(33,23-29)28-15-11-16-30(36)22-28/h5,7-8,11-13,15-16,22,26,29,36H,6,9-10,14,17-21,23-25H2,1-4H3. The number of unbranched alkanes of at least 4 members (excludes halogenated alkanes) is 2. The Kier molecular flexibility index (Phi) is 9.54. The van der Waals surface area contributed by atoms with E-state index in [1.54, 1.807) is 6.07 Å². The van der Waals surface area contributed by atoms with E-state index in [-0.39, 0.29) is 17.1 Å². The van der Waals surface area contributed by atoms with Gasteiger partial charge in [0, 0.05) is 38.1 Å². The van der Waals surface area contributed by atoms with Crippen molar-refractivity contribution >= 4 is 5.91 Å². The number of rotatable bonds is 11. The fourth-order valence-corrected chi connectivity index (χ4v) is 7.16. The number of likely N-dealkylation sites (N-methyl/N-ethyl adjacent to an activating group) is 1. The van der Waals surface area contributed by atoms with Crippen molar-refractivity contribution < 1.29 is 14.6 Å². The molecule has 2 aromatic carbocycles. The molecule has 1 N–H and O–H groups in total. The topological polar surface area (TPSA) is 53.0 Å². The first-order valence-electron chi connectivity index (χ1n) is 14.7. The molecule has 2 aliphatic rings. The highest BCUT2D eigenvalue weighted by atomic mass is 16.5. The van der Waals surface area contributed by atoms with Crippen molar-refractivity contribution in [3.05, 3.63) is 65.7 Å². The van der Waals surface area contributed by atoms with Gasteiger partial charge >= 0.3 is 0 Å². The van der Waals surface area contributed by atoms with Crippen LogP contribution < -0.4 is 0 Å². The first-order chi connectivity index (χ1) is 18.3. The summed E-state index contributed by atoms with van der Waals surface area (Å²) in [5.74, 6) is 1.02. The summed E-state index contributed by atoms with van der Waals surface area (Å²) in [6, 6.07) is 18.6. The minimum atomic E-state index is -0.325. The number of hydrogen-bond acceptors (Lipinski definition) is 4. The summed E-state index contributed by atoms with van der Waals surface area (Å²) in [7, 11) is 4.02. The molecule has 0 radical (unpaired) electrons. The fourth-order valence-electron chi connectivity index (χ4n) is 7.16. The van der Waals surface area contributed by atoms with Crippen molar-refractivity contribution in [1.29, 1.82) is 0 Å². The van der Waals surface area contributed by atoms with Crippen LogP contribution in [0.5, 0.6) is 5.75 Å². The maximum atomic E-state index is 13.7. The summed E-state index contributed by atoms with van der Waals surface area (Å²) in [5.41, 5.74) is 1.96. The number of likely N-dealkylation sites (tertiary alicyclic amines) is 1. The zero-order valence-corrected chi connectivity index (χ0v) is 24.0. The van der Waals surface area contributed by atoms with Gasteiger partial charge in [0.05, 0.1) is 5.60 Å². The molecule has 1 aliphatic heterocycles. The molecule has 1 heterocycles. The molecule has 5 nitrogen and oxygen atoms in total. The molecule has 5 heteroatoms. The molecule has 1 saturated carbocycles. The summed E-state index contributed by atoms with van der Waals surface area (Å²) < 4.78 is 6.42. The number of methoxy groups -OCH3 is 1. The molecular formula is C33H48N2O3. The number of nitrogens with zero attached hydrogens (tertiary/aromatic N) is 2. The van der Waals surface area contributed by atoms with Crippen molar-refractivity contribution in [2.45, 2.75) is 88.7 Å². The highest BCUT2D eigenvalue weighted by molar-refractivity contribution is 5.76. The van der Waals surface area contributed by atoms with E-state index in [0.29, 0.717) is 24.0 Å². The number of aryl methyl sites for hydroxylation is 1. The van der Waals surface area contributed by atoms with Gasteiger partial charge in [-0.15, -0.1) is 0 Å². The fraction of sp³-hybridized carbons (Fsp3) is 0.606. The summed E-state index contributed by atoms with van der Waals surface area (Å²) in [4.78, 5) is 18.3. The van der Waals surface area contributed by atoms with Gasteiger partial charge in [0.1, 0.15) is 5.75 Å². The number of carbonyl (C=O) groups excluding carboxylic acids is 1. The number of carbonyl (C=O) groups is 1. The van der Waals surface area contributed by atoms with E-state index < -0.39 is 0 Å². The molecule has 4 rings (SSSR count). The monoisotopic (exact) mass is 520 g/mol. The van der Waals surface area contributed by atoms with E-state index >= 15 is 0 Å². The van der Waals surface area contributed by atoms with Crippen molar-refractivity contribution in [2.24, 2.45) is 5.92 Å². The van der Waals surface area contributed by atoms with E-state index in [2.05, 4.69) is 67.1 Å². The third kappa shape index (κ3) is 6.26. The second-order valence-corrected chi connectivity index (χ2v) is 12.2. The maximum Gasteiger partial charge on any atom is 0.222 e. The molecule has 0 spiro atoms. The molecule has 1 aliphatic carbocycles. The highest BCUT2D eigenvalue weighted by Gasteiger charge is 2.59. The zero-order valence-electron chi connectivity index (χ0n) is 24.0. The van der Waals surface area contributed by atoms with E-state index in [1.807, 2.05) is 19.2 Å². The Balaban J connectivity index is 1.50. The van der Waals surface area contributed by atoms with Crippen LogP contribution in [0.15, 0.2) is 54.6 Å². The van der Waals surface area contributed by atoms with Crippen molar-refractivity contribution in [3.8, 4) is 5.75 Å². The van der Waals surface area contributed by atoms with Crippen molar-refractivity contribution in [3.63, 3.8) is 0 Å². The van der Waals surface area contributed by atoms with Crippen LogP contribution in [0.3, 0.4) is 0 Å². The highest BCUT2D eigenvalue weighted by Crippen LogP contribution is 2.54. The van der Waals surface area contributed by atoms with Gasteiger partial charge < -0.3 is 19.6 Å². The Morgan fingerprint density at radius 1 is 1.11 bits per heavy atom. The third-order valence-electron chi connectivity index (χ3n) is 9.09. The molecule has 208 valence electrons. The van der Waals surface area contributed by atoms with Gasteiger partial charge in [-0.1, -0.05) is 62.7 Å². The van der Waals surface area contributed by atoms with Gasteiger partial charge in [0.25, 0.3) is 0 Å². The third-order valence-corrected chi connectivity index (χ3v) is 9.09. The second-order valence-electron chi connectivity index (χ2n) is 12.2. The average Bonchev–Trinajstić information content (AvgIpc) is 2.91. The predicted molar refractivity (Wildman–Crippen MR) is 154 cm³/mol. The number of fused-ring (bicyclic) bond motifs is 1. The number of aromatic hydroxyl groups is 1. The first kappa shape index (κ1) is 28.6. The van der Waals surface area contributed by atoms with Crippen LogP contribution in [0.2, 0.25) is 0 Å². The summed E-state index contributed by atoms with van der Waals surface area (Å²) in [6.07, 6.45) is 8.54. The predicted octanol–water partition coefficient (Wildman–Crippen LogP) is 6.19. The summed E-state index contributed by atoms with van der Waals surface area (Å²) in [5, 5.41) is 10.4. The average molecular weight is 521 g/mol. The van der Waals surface area contributed by atoms with Crippen LogP contribution in [0.4, 0.5) is 0 Å². The minimum absolute atomic E-state index is 0.184.